The maximum Gasteiger partial charge on any atom is 0.414 e. The first-order valence-electron chi connectivity index (χ1n) is 15.5. The van der Waals surface area contributed by atoms with Crippen LogP contribution in [0.3, 0.4) is 0 Å². The summed E-state index contributed by atoms with van der Waals surface area (Å²) in [6.07, 6.45) is 5.40. The highest BCUT2D eigenvalue weighted by Gasteiger charge is 2.41. The van der Waals surface area contributed by atoms with Gasteiger partial charge in [-0.1, -0.05) is 51.7 Å². The Balaban J connectivity index is 1.12. The van der Waals surface area contributed by atoms with Crippen LogP contribution in [-0.2, 0) is 16.5 Å². The van der Waals surface area contributed by atoms with Crippen LogP contribution in [0.25, 0.3) is 32.9 Å². The molecule has 6 nitrogen and oxygen atoms in total. The summed E-state index contributed by atoms with van der Waals surface area (Å²) >= 11 is 0. The molecule has 0 aliphatic carbocycles. The molecule has 0 radical (unpaired) electrons. The standard InChI is InChI=1S/C34H44F3N3O3/c1-4-9-25(10-5-2)21-32(34(35,36)37)42-20-19-41-17-7-6-8-18-43-33-14-12-27(23-39-33)26-11-13-28-29-24-38-16-15-30(29)40(3)31(28)22-26/h11-16,22-25,32H,4-10,17-21H2,1-3H3. The molecule has 0 saturated carbocycles. The number of aromatic nitrogens is 3. The minimum atomic E-state index is -4.35. The molecule has 3 aromatic heterocycles. The number of alkyl halides is 3. The Morgan fingerprint density at radius 3 is 2.30 bits per heavy atom. The molecule has 1 aromatic carbocycles. The van der Waals surface area contributed by atoms with Crippen LogP contribution in [0.15, 0.2) is 55.0 Å². The van der Waals surface area contributed by atoms with Gasteiger partial charge in [0.15, 0.2) is 6.10 Å². The third kappa shape index (κ3) is 9.16. The van der Waals surface area contributed by atoms with E-state index in [0.717, 1.165) is 72.5 Å². The van der Waals surface area contributed by atoms with Crippen molar-refractivity contribution >= 4 is 21.8 Å². The van der Waals surface area contributed by atoms with E-state index < -0.39 is 12.3 Å². The molecule has 3 heterocycles. The summed E-state index contributed by atoms with van der Waals surface area (Å²) < 4.78 is 59.1. The van der Waals surface area contributed by atoms with Crippen molar-refractivity contribution in [3.05, 3.63) is 55.0 Å². The lowest BCUT2D eigenvalue weighted by atomic mass is 9.92. The second-order valence-electron chi connectivity index (χ2n) is 11.2. The summed E-state index contributed by atoms with van der Waals surface area (Å²) in [7, 11) is 2.06. The van der Waals surface area contributed by atoms with Gasteiger partial charge in [0.05, 0.1) is 25.3 Å². The molecular formula is C34H44F3N3O3. The number of hydrogen-bond acceptors (Lipinski definition) is 5. The van der Waals surface area contributed by atoms with Crippen LogP contribution in [0.1, 0.15) is 65.2 Å². The summed E-state index contributed by atoms with van der Waals surface area (Å²) in [5, 5.41) is 2.32. The number of aryl methyl sites for hydroxylation is 1. The molecular weight excluding hydrogens is 555 g/mol. The van der Waals surface area contributed by atoms with Gasteiger partial charge in [-0.15, -0.1) is 0 Å². The van der Waals surface area contributed by atoms with Crippen molar-refractivity contribution < 1.29 is 27.4 Å². The van der Waals surface area contributed by atoms with Crippen molar-refractivity contribution in [3.8, 4) is 17.0 Å². The zero-order valence-corrected chi connectivity index (χ0v) is 25.5. The third-order valence-corrected chi connectivity index (χ3v) is 7.91. The summed E-state index contributed by atoms with van der Waals surface area (Å²) in [6.45, 7) is 5.15. The lowest BCUT2D eigenvalue weighted by Crippen LogP contribution is -2.34. The first-order valence-corrected chi connectivity index (χ1v) is 15.5. The Bertz CT molecular complexity index is 1400. The Labute approximate surface area is 252 Å². The van der Waals surface area contributed by atoms with E-state index in [2.05, 4.69) is 39.8 Å². The Morgan fingerprint density at radius 2 is 1.58 bits per heavy atom. The molecule has 9 heteroatoms. The van der Waals surface area contributed by atoms with Crippen LogP contribution in [0.5, 0.6) is 5.88 Å². The highest BCUT2D eigenvalue weighted by atomic mass is 19.4. The fraction of sp³-hybridized carbons (Fsp3) is 0.529. The van der Waals surface area contributed by atoms with E-state index in [1.54, 1.807) is 0 Å². The number of pyridine rings is 2. The number of hydrogen-bond donors (Lipinski definition) is 0. The lowest BCUT2D eigenvalue weighted by Gasteiger charge is -2.25. The van der Waals surface area contributed by atoms with Crippen LogP contribution in [0, 0.1) is 5.92 Å². The van der Waals surface area contributed by atoms with Crippen molar-refractivity contribution in [2.24, 2.45) is 13.0 Å². The monoisotopic (exact) mass is 599 g/mol. The van der Waals surface area contributed by atoms with E-state index in [1.807, 2.05) is 50.6 Å². The number of ether oxygens (including phenoxy) is 3. The SMILES string of the molecule is CCCC(CCC)CC(OCCOCCCCCOc1ccc(-c2ccc3c4cnccc4n(C)c3c2)cn1)C(F)(F)F. The number of rotatable bonds is 18. The highest BCUT2D eigenvalue weighted by molar-refractivity contribution is 6.08. The fourth-order valence-corrected chi connectivity index (χ4v) is 5.68. The van der Waals surface area contributed by atoms with Gasteiger partial charge in [0, 0.05) is 60.2 Å². The summed E-state index contributed by atoms with van der Waals surface area (Å²) in [6, 6.07) is 12.3. The van der Waals surface area contributed by atoms with E-state index in [4.69, 9.17) is 14.2 Å². The van der Waals surface area contributed by atoms with Gasteiger partial charge in [0.1, 0.15) is 0 Å². The predicted molar refractivity (Wildman–Crippen MR) is 165 cm³/mol. The Hall–Kier alpha value is -3.17. The predicted octanol–water partition coefficient (Wildman–Crippen LogP) is 8.91. The van der Waals surface area contributed by atoms with Crippen LogP contribution in [0.2, 0.25) is 0 Å². The lowest BCUT2D eigenvalue weighted by molar-refractivity contribution is -0.228. The Morgan fingerprint density at radius 1 is 0.814 bits per heavy atom. The van der Waals surface area contributed by atoms with Gasteiger partial charge in [0.25, 0.3) is 0 Å². The zero-order valence-electron chi connectivity index (χ0n) is 25.5. The molecule has 0 aliphatic heterocycles. The molecule has 1 atom stereocenters. The maximum absolute atomic E-state index is 13.4. The van der Waals surface area contributed by atoms with Crippen molar-refractivity contribution in [3.63, 3.8) is 0 Å². The van der Waals surface area contributed by atoms with Gasteiger partial charge in [-0.25, -0.2) is 4.98 Å². The van der Waals surface area contributed by atoms with E-state index in [1.165, 1.54) is 5.39 Å². The average Bonchev–Trinajstić information content (AvgIpc) is 3.28. The topological polar surface area (TPSA) is 58.4 Å². The van der Waals surface area contributed by atoms with Crippen LogP contribution in [0.4, 0.5) is 13.2 Å². The molecule has 43 heavy (non-hydrogen) atoms. The minimum Gasteiger partial charge on any atom is -0.478 e. The van der Waals surface area contributed by atoms with Crippen molar-refractivity contribution in [1.29, 1.82) is 0 Å². The minimum absolute atomic E-state index is 0.0295. The van der Waals surface area contributed by atoms with E-state index in [9.17, 15) is 13.2 Å². The number of benzene rings is 1. The van der Waals surface area contributed by atoms with Gasteiger partial charge in [-0.05, 0) is 55.4 Å². The van der Waals surface area contributed by atoms with Crippen molar-refractivity contribution in [2.75, 3.05) is 26.4 Å². The van der Waals surface area contributed by atoms with Gasteiger partial charge < -0.3 is 18.8 Å². The molecule has 4 aromatic rings. The van der Waals surface area contributed by atoms with Crippen LogP contribution < -0.4 is 4.74 Å². The molecule has 0 saturated heterocycles. The zero-order chi connectivity index (χ0) is 30.7. The largest absolute Gasteiger partial charge is 0.478 e. The maximum atomic E-state index is 13.4. The van der Waals surface area contributed by atoms with Crippen LogP contribution in [-0.4, -0.2) is 53.2 Å². The molecule has 4 rings (SSSR count). The second-order valence-corrected chi connectivity index (χ2v) is 11.2. The quantitative estimate of drug-likeness (QED) is 0.107. The average molecular weight is 600 g/mol. The molecule has 0 spiro atoms. The highest BCUT2D eigenvalue weighted by Crippen LogP contribution is 2.32. The van der Waals surface area contributed by atoms with Gasteiger partial charge in [0.2, 0.25) is 5.88 Å². The molecule has 0 fully saturated rings. The summed E-state index contributed by atoms with van der Waals surface area (Å²) in [5.41, 5.74) is 4.40. The molecule has 0 N–H and O–H groups in total. The normalized spacial score (nSPS) is 12.9. The first kappa shape index (κ1) is 32.7. The van der Waals surface area contributed by atoms with Crippen molar-refractivity contribution in [2.45, 2.75) is 77.5 Å². The molecule has 0 amide bonds. The molecule has 1 unspecified atom stereocenters. The number of fused-ring (bicyclic) bond motifs is 3. The van der Waals surface area contributed by atoms with Gasteiger partial charge >= 0.3 is 6.18 Å². The summed E-state index contributed by atoms with van der Waals surface area (Å²) in [4.78, 5) is 8.75. The van der Waals surface area contributed by atoms with Gasteiger partial charge in [-0.2, -0.15) is 13.2 Å². The molecule has 234 valence electrons. The van der Waals surface area contributed by atoms with E-state index >= 15 is 0 Å². The van der Waals surface area contributed by atoms with Crippen LogP contribution >= 0.6 is 0 Å². The first-order chi connectivity index (χ1) is 20.8. The molecule has 0 bridgehead atoms. The second kappa shape index (κ2) is 16.1. The number of nitrogens with zero attached hydrogens (tertiary/aromatic N) is 3. The fourth-order valence-electron chi connectivity index (χ4n) is 5.68. The summed E-state index contributed by atoms with van der Waals surface area (Å²) in [5.74, 6) is 0.620. The van der Waals surface area contributed by atoms with E-state index in [0.29, 0.717) is 19.1 Å². The Kier molecular flexibility index (Phi) is 12.2. The molecule has 0 aliphatic rings. The number of halogens is 3. The van der Waals surface area contributed by atoms with Gasteiger partial charge in [-0.3, -0.25) is 4.98 Å². The third-order valence-electron chi connectivity index (χ3n) is 7.91. The smallest absolute Gasteiger partial charge is 0.414 e. The van der Waals surface area contributed by atoms with Crippen molar-refractivity contribution in [1.82, 2.24) is 14.5 Å². The number of unbranched alkanes of at least 4 members (excludes halogenated alkanes) is 2. The van der Waals surface area contributed by atoms with E-state index in [-0.39, 0.29) is 25.6 Å².